The third kappa shape index (κ3) is 4.22. The van der Waals surface area contributed by atoms with Gasteiger partial charge in [-0.05, 0) is 45.8 Å². The number of hydrogen-bond acceptors (Lipinski definition) is 4. The predicted octanol–water partition coefficient (Wildman–Crippen LogP) is 2.37. The molecular formula is C12H12BrN3O2S. The SMILES string of the molecule is Nc1ccc(CS(=O)(=O)Nc2ccc(Br)cn2)cc1. The van der Waals surface area contributed by atoms with E-state index in [-0.39, 0.29) is 5.75 Å². The molecule has 2 aromatic rings. The summed E-state index contributed by atoms with van der Waals surface area (Å²) in [5, 5.41) is 0. The van der Waals surface area contributed by atoms with E-state index in [0.717, 1.165) is 4.47 Å². The van der Waals surface area contributed by atoms with Gasteiger partial charge in [-0.25, -0.2) is 13.4 Å². The molecule has 19 heavy (non-hydrogen) atoms. The Hall–Kier alpha value is -1.60. The number of benzene rings is 1. The van der Waals surface area contributed by atoms with Crippen LogP contribution in [0.5, 0.6) is 0 Å². The highest BCUT2D eigenvalue weighted by atomic mass is 79.9. The average molecular weight is 342 g/mol. The van der Waals surface area contributed by atoms with Gasteiger partial charge in [0.05, 0.1) is 5.75 Å². The summed E-state index contributed by atoms with van der Waals surface area (Å²) in [7, 11) is -3.48. The van der Waals surface area contributed by atoms with Crippen molar-refractivity contribution < 1.29 is 8.42 Å². The van der Waals surface area contributed by atoms with Crippen molar-refractivity contribution in [3.8, 4) is 0 Å². The standard InChI is InChI=1S/C12H12BrN3O2S/c13-10-3-6-12(15-7-10)16-19(17,18)8-9-1-4-11(14)5-2-9/h1-7H,8,14H2,(H,15,16). The number of sulfonamides is 1. The minimum absolute atomic E-state index is 0.120. The summed E-state index contributed by atoms with van der Waals surface area (Å²) in [4.78, 5) is 3.96. The first kappa shape index (κ1) is 13.8. The first-order valence-corrected chi connectivity index (χ1v) is 7.86. The van der Waals surface area contributed by atoms with Gasteiger partial charge in [-0.15, -0.1) is 0 Å². The summed E-state index contributed by atoms with van der Waals surface area (Å²) in [5.41, 5.74) is 6.81. The van der Waals surface area contributed by atoms with Crippen LogP contribution in [0.4, 0.5) is 11.5 Å². The van der Waals surface area contributed by atoms with E-state index < -0.39 is 10.0 Å². The highest BCUT2D eigenvalue weighted by Gasteiger charge is 2.12. The Kier molecular flexibility index (Phi) is 4.06. The maximum Gasteiger partial charge on any atom is 0.238 e. The van der Waals surface area contributed by atoms with Crippen LogP contribution in [0.25, 0.3) is 0 Å². The summed E-state index contributed by atoms with van der Waals surface area (Å²) in [5.74, 6) is 0.170. The van der Waals surface area contributed by atoms with Crippen molar-refractivity contribution in [2.24, 2.45) is 0 Å². The van der Waals surface area contributed by atoms with Crippen molar-refractivity contribution in [1.82, 2.24) is 4.98 Å². The van der Waals surface area contributed by atoms with Crippen LogP contribution in [-0.4, -0.2) is 13.4 Å². The smallest absolute Gasteiger partial charge is 0.238 e. The van der Waals surface area contributed by atoms with Gasteiger partial charge in [0.1, 0.15) is 5.82 Å². The van der Waals surface area contributed by atoms with Gasteiger partial charge in [-0.3, -0.25) is 4.72 Å². The fourth-order valence-corrected chi connectivity index (χ4v) is 2.84. The lowest BCUT2D eigenvalue weighted by molar-refractivity contribution is 0.600. The molecule has 0 saturated carbocycles. The molecule has 0 saturated heterocycles. The zero-order valence-electron chi connectivity index (χ0n) is 9.88. The fourth-order valence-electron chi connectivity index (χ4n) is 1.46. The number of pyridine rings is 1. The number of nitrogens with one attached hydrogen (secondary N) is 1. The second kappa shape index (κ2) is 5.58. The van der Waals surface area contributed by atoms with Crippen LogP contribution < -0.4 is 10.5 Å². The number of anilines is 2. The molecule has 0 bridgehead atoms. The quantitative estimate of drug-likeness (QED) is 0.836. The van der Waals surface area contributed by atoms with Crippen molar-refractivity contribution in [2.75, 3.05) is 10.5 Å². The second-order valence-corrected chi connectivity index (χ2v) is 6.60. The number of nitrogens with zero attached hydrogens (tertiary/aromatic N) is 1. The zero-order chi connectivity index (χ0) is 13.9. The molecule has 0 atom stereocenters. The van der Waals surface area contributed by atoms with Crippen LogP contribution in [0.1, 0.15) is 5.56 Å². The normalized spacial score (nSPS) is 11.2. The first-order chi connectivity index (χ1) is 8.94. The van der Waals surface area contributed by atoms with Crippen molar-refractivity contribution in [1.29, 1.82) is 0 Å². The Balaban J connectivity index is 2.10. The Bertz CT molecular complexity index is 601. The predicted molar refractivity (Wildman–Crippen MR) is 79.0 cm³/mol. The highest BCUT2D eigenvalue weighted by Crippen LogP contribution is 2.14. The molecule has 1 heterocycles. The van der Waals surface area contributed by atoms with Gasteiger partial charge in [0.25, 0.3) is 0 Å². The van der Waals surface area contributed by atoms with E-state index in [4.69, 9.17) is 5.73 Å². The zero-order valence-corrected chi connectivity index (χ0v) is 12.3. The van der Waals surface area contributed by atoms with E-state index >= 15 is 0 Å². The molecule has 5 nitrogen and oxygen atoms in total. The monoisotopic (exact) mass is 341 g/mol. The molecule has 1 aromatic heterocycles. The number of nitrogens with two attached hydrogens (primary N) is 1. The first-order valence-electron chi connectivity index (χ1n) is 5.41. The summed E-state index contributed by atoms with van der Waals surface area (Å²) in [6.45, 7) is 0. The molecular weight excluding hydrogens is 330 g/mol. The van der Waals surface area contributed by atoms with E-state index in [1.807, 2.05) is 0 Å². The van der Waals surface area contributed by atoms with Crippen molar-refractivity contribution >= 4 is 37.5 Å². The van der Waals surface area contributed by atoms with Gasteiger partial charge < -0.3 is 5.73 Å². The number of aromatic nitrogens is 1. The van der Waals surface area contributed by atoms with Gasteiger partial charge in [-0.1, -0.05) is 12.1 Å². The van der Waals surface area contributed by atoms with Crippen molar-refractivity contribution in [3.05, 3.63) is 52.6 Å². The molecule has 0 amide bonds. The third-order valence-electron chi connectivity index (χ3n) is 2.32. The van der Waals surface area contributed by atoms with E-state index in [9.17, 15) is 8.42 Å². The molecule has 0 aliphatic carbocycles. The molecule has 3 N–H and O–H groups in total. The van der Waals surface area contributed by atoms with Crippen LogP contribution in [0, 0.1) is 0 Å². The number of rotatable bonds is 4. The number of halogens is 1. The largest absolute Gasteiger partial charge is 0.399 e. The molecule has 7 heteroatoms. The Morgan fingerprint density at radius 1 is 1.16 bits per heavy atom. The fraction of sp³-hybridized carbons (Fsp3) is 0.0833. The van der Waals surface area contributed by atoms with E-state index in [2.05, 4.69) is 25.6 Å². The molecule has 100 valence electrons. The highest BCUT2D eigenvalue weighted by molar-refractivity contribution is 9.10. The Morgan fingerprint density at radius 3 is 2.42 bits per heavy atom. The third-order valence-corrected chi connectivity index (χ3v) is 4.03. The summed E-state index contributed by atoms with van der Waals surface area (Å²) in [6.07, 6.45) is 1.53. The number of nitrogen functional groups attached to an aromatic ring is 1. The van der Waals surface area contributed by atoms with Crippen LogP contribution >= 0.6 is 15.9 Å². The minimum atomic E-state index is -3.48. The molecule has 0 spiro atoms. The molecule has 0 radical (unpaired) electrons. The average Bonchev–Trinajstić information content (AvgIpc) is 2.34. The van der Waals surface area contributed by atoms with Crippen LogP contribution in [0.3, 0.4) is 0 Å². The molecule has 2 rings (SSSR count). The Morgan fingerprint density at radius 2 is 1.84 bits per heavy atom. The molecule has 0 aliphatic rings. The summed E-state index contributed by atoms with van der Waals surface area (Å²) < 4.78 is 27.1. The van der Waals surface area contributed by atoms with E-state index in [0.29, 0.717) is 17.1 Å². The lowest BCUT2D eigenvalue weighted by atomic mass is 10.2. The molecule has 0 aliphatic heterocycles. The maximum atomic E-state index is 11.9. The minimum Gasteiger partial charge on any atom is -0.399 e. The van der Waals surface area contributed by atoms with Crippen LogP contribution in [-0.2, 0) is 15.8 Å². The summed E-state index contributed by atoms with van der Waals surface area (Å²) >= 11 is 3.23. The van der Waals surface area contributed by atoms with Gasteiger partial charge in [0.15, 0.2) is 0 Å². The van der Waals surface area contributed by atoms with E-state index in [1.54, 1.807) is 36.4 Å². The van der Waals surface area contributed by atoms with Gasteiger partial charge in [0.2, 0.25) is 10.0 Å². The lowest BCUT2D eigenvalue weighted by Crippen LogP contribution is -2.15. The summed E-state index contributed by atoms with van der Waals surface area (Å²) in [6, 6.07) is 10.0. The lowest BCUT2D eigenvalue weighted by Gasteiger charge is -2.07. The molecule has 0 unspecified atom stereocenters. The van der Waals surface area contributed by atoms with Gasteiger partial charge >= 0.3 is 0 Å². The van der Waals surface area contributed by atoms with Gasteiger partial charge in [0, 0.05) is 16.4 Å². The van der Waals surface area contributed by atoms with Crippen LogP contribution in [0.15, 0.2) is 47.1 Å². The Labute approximate surface area is 120 Å². The van der Waals surface area contributed by atoms with E-state index in [1.165, 1.54) is 6.20 Å². The molecule has 0 fully saturated rings. The second-order valence-electron chi connectivity index (χ2n) is 3.96. The molecule has 1 aromatic carbocycles. The van der Waals surface area contributed by atoms with Crippen molar-refractivity contribution in [2.45, 2.75) is 5.75 Å². The van der Waals surface area contributed by atoms with Crippen LogP contribution in [0.2, 0.25) is 0 Å². The van der Waals surface area contributed by atoms with Crippen molar-refractivity contribution in [3.63, 3.8) is 0 Å². The number of hydrogen-bond donors (Lipinski definition) is 2. The van der Waals surface area contributed by atoms with Gasteiger partial charge in [-0.2, -0.15) is 0 Å². The maximum absolute atomic E-state index is 11.9. The topological polar surface area (TPSA) is 85.1 Å².